The Morgan fingerprint density at radius 2 is 1.25 bits per heavy atom. The minimum absolute atomic E-state index is 0.509. The molecule has 6 heteroatoms. The van der Waals surface area contributed by atoms with Crippen molar-refractivity contribution in [3.05, 3.63) is 24.3 Å². The van der Waals surface area contributed by atoms with Gasteiger partial charge in [-0.2, -0.15) is 23.5 Å². The molecular formula is C14H16N2O2S2. The van der Waals surface area contributed by atoms with E-state index in [1.54, 1.807) is 0 Å². The summed E-state index contributed by atoms with van der Waals surface area (Å²) in [6.45, 7) is 1.28. The highest BCUT2D eigenvalue weighted by molar-refractivity contribution is 8.02. The zero-order valence-corrected chi connectivity index (χ0v) is 12.7. The smallest absolute Gasteiger partial charge is 0.278 e. The largest absolute Gasteiger partial charge is 0.473 e. The van der Waals surface area contributed by atoms with E-state index in [-0.39, 0.29) is 0 Å². The third kappa shape index (κ3) is 3.49. The quantitative estimate of drug-likeness (QED) is 0.745. The van der Waals surface area contributed by atoms with Gasteiger partial charge in [0, 0.05) is 23.0 Å². The van der Waals surface area contributed by atoms with Gasteiger partial charge in [-0.25, -0.2) is 9.97 Å². The van der Waals surface area contributed by atoms with E-state index in [1.807, 2.05) is 47.8 Å². The molecule has 0 bridgehead atoms. The van der Waals surface area contributed by atoms with E-state index in [0.717, 1.165) is 34.0 Å². The molecule has 2 aromatic rings. The number of nitrogens with zero attached hydrogens (tertiary/aromatic N) is 2. The van der Waals surface area contributed by atoms with Crippen molar-refractivity contribution < 1.29 is 9.47 Å². The average Bonchev–Trinajstić information content (AvgIpc) is 2.47. The lowest BCUT2D eigenvalue weighted by Gasteiger charge is -2.13. The van der Waals surface area contributed by atoms with Crippen molar-refractivity contribution in [2.75, 3.05) is 36.2 Å². The van der Waals surface area contributed by atoms with Crippen LogP contribution < -0.4 is 9.47 Å². The maximum absolute atomic E-state index is 5.74. The van der Waals surface area contributed by atoms with E-state index < -0.39 is 0 Å². The summed E-state index contributed by atoms with van der Waals surface area (Å²) in [5.74, 6) is 5.27. The van der Waals surface area contributed by atoms with Crippen LogP contribution in [0.1, 0.15) is 0 Å². The van der Waals surface area contributed by atoms with Gasteiger partial charge in [-0.1, -0.05) is 12.1 Å². The molecule has 0 aliphatic carbocycles. The summed E-state index contributed by atoms with van der Waals surface area (Å²) in [6.07, 6.45) is 0. The second-order valence-electron chi connectivity index (χ2n) is 4.24. The van der Waals surface area contributed by atoms with Gasteiger partial charge in [0.15, 0.2) is 0 Å². The summed E-state index contributed by atoms with van der Waals surface area (Å²) in [5.41, 5.74) is 1.67. The van der Waals surface area contributed by atoms with Crippen molar-refractivity contribution >= 4 is 34.6 Å². The standard InChI is InChI=1S/C14H16N2O2S2/c1-2-4-12-11(3-1)15-13-14(16-12)18-6-8-20-10-9-19-7-5-17-13/h1-4H,5-10H2. The van der Waals surface area contributed by atoms with Gasteiger partial charge in [-0.05, 0) is 12.1 Å². The highest BCUT2D eigenvalue weighted by atomic mass is 32.2. The molecule has 1 aromatic heterocycles. The fourth-order valence-electron chi connectivity index (χ4n) is 1.87. The van der Waals surface area contributed by atoms with Crippen LogP contribution in [0.15, 0.2) is 24.3 Å². The zero-order valence-electron chi connectivity index (χ0n) is 11.1. The molecule has 1 aliphatic heterocycles. The van der Waals surface area contributed by atoms with E-state index in [9.17, 15) is 0 Å². The third-order valence-corrected chi connectivity index (χ3v) is 4.97. The van der Waals surface area contributed by atoms with E-state index in [4.69, 9.17) is 9.47 Å². The Kier molecular flexibility index (Phi) is 4.86. The van der Waals surface area contributed by atoms with Gasteiger partial charge in [0.05, 0.1) is 24.2 Å². The molecule has 106 valence electrons. The Hall–Kier alpha value is -1.14. The number of hydrogen-bond donors (Lipinski definition) is 0. The van der Waals surface area contributed by atoms with E-state index in [1.165, 1.54) is 0 Å². The molecule has 1 aliphatic rings. The third-order valence-electron chi connectivity index (χ3n) is 2.81. The Morgan fingerprint density at radius 3 is 1.75 bits per heavy atom. The second kappa shape index (κ2) is 7.04. The van der Waals surface area contributed by atoms with Gasteiger partial charge in [-0.3, -0.25) is 0 Å². The Bertz CT molecular complexity index is 530. The van der Waals surface area contributed by atoms with Crippen molar-refractivity contribution in [1.29, 1.82) is 0 Å². The Balaban J connectivity index is 1.87. The van der Waals surface area contributed by atoms with Gasteiger partial charge in [0.25, 0.3) is 11.8 Å². The van der Waals surface area contributed by atoms with Crippen LogP contribution in [0.3, 0.4) is 0 Å². The van der Waals surface area contributed by atoms with Crippen molar-refractivity contribution in [2.24, 2.45) is 0 Å². The molecule has 4 nitrogen and oxygen atoms in total. The number of ether oxygens (including phenoxy) is 2. The first-order chi connectivity index (χ1) is 9.93. The molecular weight excluding hydrogens is 292 g/mol. The van der Waals surface area contributed by atoms with Crippen molar-refractivity contribution in [3.8, 4) is 11.8 Å². The first-order valence-corrected chi connectivity index (χ1v) is 8.92. The highest BCUT2D eigenvalue weighted by Gasteiger charge is 2.12. The first-order valence-electron chi connectivity index (χ1n) is 6.61. The molecule has 3 rings (SSSR count). The molecule has 0 amide bonds. The Labute approximate surface area is 126 Å². The molecule has 0 N–H and O–H groups in total. The number of aromatic nitrogens is 2. The molecule has 0 atom stereocenters. The average molecular weight is 308 g/mol. The number of para-hydroxylation sites is 2. The lowest BCUT2D eigenvalue weighted by molar-refractivity contribution is 0.274. The summed E-state index contributed by atoms with van der Waals surface area (Å²) in [4.78, 5) is 9.04. The summed E-state index contributed by atoms with van der Waals surface area (Å²) < 4.78 is 11.5. The zero-order chi connectivity index (χ0) is 13.6. The van der Waals surface area contributed by atoms with E-state index in [2.05, 4.69) is 9.97 Å². The fraction of sp³-hybridized carbons (Fsp3) is 0.429. The summed E-state index contributed by atoms with van der Waals surface area (Å²) in [5, 5.41) is 0. The van der Waals surface area contributed by atoms with E-state index >= 15 is 0 Å². The molecule has 0 fully saturated rings. The van der Waals surface area contributed by atoms with Crippen LogP contribution in [-0.2, 0) is 0 Å². The van der Waals surface area contributed by atoms with Crippen LogP contribution in [0.25, 0.3) is 11.0 Å². The molecule has 2 heterocycles. The second-order valence-corrected chi connectivity index (χ2v) is 6.69. The molecule has 0 unspecified atom stereocenters. The maximum atomic E-state index is 5.74. The van der Waals surface area contributed by atoms with Gasteiger partial charge in [-0.15, -0.1) is 0 Å². The number of hydrogen-bond acceptors (Lipinski definition) is 6. The lowest BCUT2D eigenvalue weighted by Crippen LogP contribution is -2.10. The van der Waals surface area contributed by atoms with Crippen LogP contribution in [0, 0.1) is 0 Å². The minimum Gasteiger partial charge on any atom is -0.473 e. The normalized spacial score (nSPS) is 17.2. The molecule has 1 aromatic carbocycles. The molecule has 0 saturated carbocycles. The molecule has 0 saturated heterocycles. The van der Waals surface area contributed by atoms with Crippen LogP contribution in [0.5, 0.6) is 11.8 Å². The number of rotatable bonds is 0. The van der Waals surface area contributed by atoms with Crippen molar-refractivity contribution in [1.82, 2.24) is 9.97 Å². The van der Waals surface area contributed by atoms with Gasteiger partial charge in [0.1, 0.15) is 0 Å². The van der Waals surface area contributed by atoms with Crippen LogP contribution in [0.4, 0.5) is 0 Å². The SMILES string of the molecule is c1ccc2nc3c(nc2c1)OCCSCCSCCO3. The first kappa shape index (κ1) is 13.8. The predicted octanol–water partition coefficient (Wildman–Crippen LogP) is 2.87. The summed E-state index contributed by atoms with van der Waals surface area (Å²) in [6, 6.07) is 7.78. The summed E-state index contributed by atoms with van der Waals surface area (Å²) >= 11 is 3.82. The van der Waals surface area contributed by atoms with Crippen LogP contribution >= 0.6 is 23.5 Å². The maximum Gasteiger partial charge on any atom is 0.278 e. The lowest BCUT2D eigenvalue weighted by atomic mass is 10.3. The van der Waals surface area contributed by atoms with Gasteiger partial charge >= 0.3 is 0 Å². The van der Waals surface area contributed by atoms with Gasteiger partial charge in [0.2, 0.25) is 0 Å². The number of benzene rings is 1. The summed E-state index contributed by atoms with van der Waals surface area (Å²) in [7, 11) is 0. The molecule has 20 heavy (non-hydrogen) atoms. The number of thioether (sulfide) groups is 2. The topological polar surface area (TPSA) is 44.2 Å². The molecule has 0 spiro atoms. The Morgan fingerprint density at radius 1 is 0.750 bits per heavy atom. The van der Waals surface area contributed by atoms with E-state index in [0.29, 0.717) is 25.0 Å². The predicted molar refractivity (Wildman–Crippen MR) is 85.2 cm³/mol. The van der Waals surface area contributed by atoms with Crippen LogP contribution in [-0.4, -0.2) is 46.2 Å². The van der Waals surface area contributed by atoms with Crippen molar-refractivity contribution in [2.45, 2.75) is 0 Å². The highest BCUT2D eigenvalue weighted by Crippen LogP contribution is 2.26. The van der Waals surface area contributed by atoms with Crippen LogP contribution in [0.2, 0.25) is 0 Å². The minimum atomic E-state index is 0.509. The molecule has 0 radical (unpaired) electrons. The van der Waals surface area contributed by atoms with Gasteiger partial charge < -0.3 is 9.47 Å². The fourth-order valence-corrected chi connectivity index (χ4v) is 3.63. The number of fused-ring (bicyclic) bond motifs is 2. The monoisotopic (exact) mass is 308 g/mol. The van der Waals surface area contributed by atoms with Crippen molar-refractivity contribution in [3.63, 3.8) is 0 Å².